The monoisotopic (exact) mass is 280 g/mol. The third-order valence-corrected chi connectivity index (χ3v) is 3.94. The highest BCUT2D eigenvalue weighted by Gasteiger charge is 2.10. The number of nitrogen functional groups attached to an aromatic ring is 1. The first kappa shape index (κ1) is 13.6. The molecule has 0 saturated carbocycles. The number of aromatic nitrogens is 2. The highest BCUT2D eigenvalue weighted by atomic mass is 32.2. The minimum Gasteiger partial charge on any atom is -0.399 e. The molecule has 0 unspecified atom stereocenters. The fourth-order valence-electron chi connectivity index (χ4n) is 1.63. The van der Waals surface area contributed by atoms with Crippen LogP contribution in [-0.4, -0.2) is 24.5 Å². The van der Waals surface area contributed by atoms with Crippen LogP contribution in [0, 0.1) is 0 Å². The molecule has 0 atom stereocenters. The summed E-state index contributed by atoms with van der Waals surface area (Å²) >= 11 is 0. The van der Waals surface area contributed by atoms with E-state index in [0.29, 0.717) is 24.3 Å². The summed E-state index contributed by atoms with van der Waals surface area (Å²) in [5.41, 5.74) is 6.88. The highest BCUT2D eigenvalue weighted by molar-refractivity contribution is 7.88. The van der Waals surface area contributed by atoms with Crippen molar-refractivity contribution in [1.29, 1.82) is 0 Å². The lowest BCUT2D eigenvalue weighted by atomic mass is 10.2. The molecule has 2 rings (SSSR count). The summed E-state index contributed by atoms with van der Waals surface area (Å²) in [6, 6.07) is 6.81. The molecule has 6 nitrogen and oxygen atoms in total. The van der Waals surface area contributed by atoms with Gasteiger partial charge in [0, 0.05) is 31.2 Å². The van der Waals surface area contributed by atoms with E-state index in [1.165, 1.54) is 0 Å². The molecule has 3 N–H and O–H groups in total. The first-order chi connectivity index (χ1) is 9.05. The van der Waals surface area contributed by atoms with Crippen LogP contribution in [0.2, 0.25) is 0 Å². The predicted molar refractivity (Wildman–Crippen MR) is 73.7 cm³/mol. The molecule has 0 aliphatic carbocycles. The Balaban J connectivity index is 1.86. The van der Waals surface area contributed by atoms with Gasteiger partial charge in [-0.05, 0) is 17.7 Å². The standard InChI is InChI=1S/C12H16N4O2S/c13-12-3-1-11(2-4-12)9-19(17,18)15-6-8-16-7-5-14-10-16/h1-5,7,10,15H,6,8-9,13H2. The van der Waals surface area contributed by atoms with Crippen molar-refractivity contribution < 1.29 is 8.42 Å². The van der Waals surface area contributed by atoms with E-state index >= 15 is 0 Å². The number of sulfonamides is 1. The first-order valence-corrected chi connectivity index (χ1v) is 7.48. The van der Waals surface area contributed by atoms with Crippen molar-refractivity contribution in [2.24, 2.45) is 0 Å². The zero-order valence-corrected chi connectivity index (χ0v) is 11.2. The van der Waals surface area contributed by atoms with Crippen molar-refractivity contribution in [3.63, 3.8) is 0 Å². The van der Waals surface area contributed by atoms with E-state index < -0.39 is 10.0 Å². The van der Waals surface area contributed by atoms with Crippen molar-refractivity contribution >= 4 is 15.7 Å². The summed E-state index contributed by atoms with van der Waals surface area (Å²) in [6.45, 7) is 0.897. The Bertz CT molecular complexity index is 606. The van der Waals surface area contributed by atoms with Crippen molar-refractivity contribution in [2.45, 2.75) is 12.3 Å². The lowest BCUT2D eigenvalue weighted by Crippen LogP contribution is -2.28. The Morgan fingerprint density at radius 3 is 2.63 bits per heavy atom. The summed E-state index contributed by atoms with van der Waals surface area (Å²) in [7, 11) is -3.33. The molecule has 0 saturated heterocycles. The molecule has 0 radical (unpaired) electrons. The Morgan fingerprint density at radius 2 is 2.00 bits per heavy atom. The van der Waals surface area contributed by atoms with Gasteiger partial charge in [-0.25, -0.2) is 18.1 Å². The second-order valence-corrected chi connectivity index (χ2v) is 6.00. The molecule has 2 aromatic rings. The maximum Gasteiger partial charge on any atom is 0.215 e. The third-order valence-electron chi connectivity index (χ3n) is 2.59. The van der Waals surface area contributed by atoms with Gasteiger partial charge in [0.05, 0.1) is 12.1 Å². The van der Waals surface area contributed by atoms with Gasteiger partial charge < -0.3 is 10.3 Å². The van der Waals surface area contributed by atoms with E-state index in [4.69, 9.17) is 5.73 Å². The minimum absolute atomic E-state index is 0.0444. The summed E-state index contributed by atoms with van der Waals surface area (Å²) in [5, 5.41) is 0. The summed E-state index contributed by atoms with van der Waals surface area (Å²) in [5.74, 6) is -0.0444. The Kier molecular flexibility index (Phi) is 4.18. The number of rotatable bonds is 6. The molecule has 0 aliphatic rings. The molecular weight excluding hydrogens is 264 g/mol. The van der Waals surface area contributed by atoms with Gasteiger partial charge in [0.15, 0.2) is 0 Å². The Morgan fingerprint density at radius 1 is 1.26 bits per heavy atom. The van der Waals surface area contributed by atoms with Gasteiger partial charge >= 0.3 is 0 Å². The number of anilines is 1. The molecule has 1 aromatic heterocycles. The van der Waals surface area contributed by atoms with E-state index in [2.05, 4.69) is 9.71 Å². The second-order valence-electron chi connectivity index (χ2n) is 4.20. The Labute approximate surface area is 112 Å². The normalized spacial score (nSPS) is 11.6. The number of hydrogen-bond acceptors (Lipinski definition) is 4. The largest absolute Gasteiger partial charge is 0.399 e. The van der Waals surface area contributed by atoms with Crippen LogP contribution in [0.5, 0.6) is 0 Å². The van der Waals surface area contributed by atoms with Gasteiger partial charge in [-0.15, -0.1) is 0 Å². The molecule has 0 aliphatic heterocycles. The zero-order valence-electron chi connectivity index (χ0n) is 10.4. The number of imidazole rings is 1. The van der Waals surface area contributed by atoms with Crippen LogP contribution in [0.3, 0.4) is 0 Å². The maximum absolute atomic E-state index is 11.8. The minimum atomic E-state index is -3.33. The smallest absolute Gasteiger partial charge is 0.215 e. The quantitative estimate of drug-likeness (QED) is 0.758. The summed E-state index contributed by atoms with van der Waals surface area (Å²) in [6.07, 6.45) is 5.09. The molecule has 1 aromatic carbocycles. The van der Waals surface area contributed by atoms with Crippen LogP contribution in [0.4, 0.5) is 5.69 Å². The molecule has 102 valence electrons. The fraction of sp³-hybridized carbons (Fsp3) is 0.250. The first-order valence-electron chi connectivity index (χ1n) is 5.83. The van der Waals surface area contributed by atoms with Gasteiger partial charge in [-0.1, -0.05) is 12.1 Å². The maximum atomic E-state index is 11.8. The topological polar surface area (TPSA) is 90.0 Å². The molecule has 0 spiro atoms. The van der Waals surface area contributed by atoms with Crippen molar-refractivity contribution in [3.05, 3.63) is 48.5 Å². The molecule has 19 heavy (non-hydrogen) atoms. The fourth-order valence-corrected chi connectivity index (χ4v) is 2.77. The van der Waals surface area contributed by atoms with Crippen LogP contribution in [-0.2, 0) is 22.3 Å². The number of nitrogens with zero attached hydrogens (tertiary/aromatic N) is 2. The molecule has 7 heteroatoms. The predicted octanol–water partition coefficient (Wildman–Crippen LogP) is 0.585. The van der Waals surface area contributed by atoms with E-state index in [-0.39, 0.29) is 5.75 Å². The summed E-state index contributed by atoms with van der Waals surface area (Å²) < 4.78 is 28.1. The van der Waals surface area contributed by atoms with Gasteiger partial charge in [0.25, 0.3) is 0 Å². The average molecular weight is 280 g/mol. The van der Waals surface area contributed by atoms with E-state index in [1.54, 1.807) is 43.0 Å². The third kappa shape index (κ3) is 4.38. The number of benzene rings is 1. The molecule has 0 bridgehead atoms. The number of nitrogens with one attached hydrogen (secondary N) is 1. The summed E-state index contributed by atoms with van der Waals surface area (Å²) in [4.78, 5) is 3.89. The zero-order chi connectivity index (χ0) is 13.7. The van der Waals surface area contributed by atoms with Gasteiger partial charge in [0.1, 0.15) is 0 Å². The van der Waals surface area contributed by atoms with E-state index in [0.717, 1.165) is 0 Å². The molecule has 0 amide bonds. The van der Waals surface area contributed by atoms with Crippen molar-refractivity contribution in [3.8, 4) is 0 Å². The lowest BCUT2D eigenvalue weighted by molar-refractivity contribution is 0.572. The molecule has 1 heterocycles. The van der Waals surface area contributed by atoms with Crippen LogP contribution >= 0.6 is 0 Å². The van der Waals surface area contributed by atoms with Gasteiger partial charge in [-0.3, -0.25) is 0 Å². The van der Waals surface area contributed by atoms with Crippen LogP contribution in [0.1, 0.15) is 5.56 Å². The van der Waals surface area contributed by atoms with Gasteiger partial charge in [-0.2, -0.15) is 0 Å². The van der Waals surface area contributed by atoms with Crippen LogP contribution in [0.25, 0.3) is 0 Å². The lowest BCUT2D eigenvalue weighted by Gasteiger charge is -2.07. The highest BCUT2D eigenvalue weighted by Crippen LogP contribution is 2.08. The van der Waals surface area contributed by atoms with Crippen molar-refractivity contribution in [1.82, 2.24) is 14.3 Å². The van der Waals surface area contributed by atoms with E-state index in [9.17, 15) is 8.42 Å². The van der Waals surface area contributed by atoms with Gasteiger partial charge in [0.2, 0.25) is 10.0 Å². The Hall–Kier alpha value is -1.86. The van der Waals surface area contributed by atoms with Crippen molar-refractivity contribution in [2.75, 3.05) is 12.3 Å². The van der Waals surface area contributed by atoms with Crippen LogP contribution in [0.15, 0.2) is 43.0 Å². The molecular formula is C12H16N4O2S. The van der Waals surface area contributed by atoms with E-state index in [1.807, 2.05) is 4.57 Å². The van der Waals surface area contributed by atoms with Crippen LogP contribution < -0.4 is 10.5 Å². The number of hydrogen-bond donors (Lipinski definition) is 2. The average Bonchev–Trinajstić information content (AvgIpc) is 2.85. The number of nitrogens with two attached hydrogens (primary N) is 1. The molecule has 0 fully saturated rings. The second kappa shape index (κ2) is 5.85. The SMILES string of the molecule is Nc1ccc(CS(=O)(=O)NCCn2ccnc2)cc1.